The van der Waals surface area contributed by atoms with Crippen molar-refractivity contribution in [1.29, 1.82) is 0 Å². The van der Waals surface area contributed by atoms with E-state index in [1.807, 2.05) is 36.4 Å². The van der Waals surface area contributed by atoms with Crippen LogP contribution in [0.2, 0.25) is 0 Å². The van der Waals surface area contributed by atoms with E-state index in [1.165, 1.54) is 0 Å². The number of rotatable bonds is 4. The van der Waals surface area contributed by atoms with E-state index < -0.39 is 8.60 Å². The van der Waals surface area contributed by atoms with Crippen molar-refractivity contribution in [1.82, 2.24) is 0 Å². The Bertz CT molecular complexity index is 383. The molecule has 0 aliphatic rings. The minimum absolute atomic E-state index is 0. The summed E-state index contributed by atoms with van der Waals surface area (Å²) in [7, 11) is -1.93. The zero-order valence-corrected chi connectivity index (χ0v) is 15.6. The summed E-state index contributed by atoms with van der Waals surface area (Å²) in [6.45, 7) is 0. The van der Waals surface area contributed by atoms with Crippen molar-refractivity contribution in [2.45, 2.75) is 0 Å². The SMILES string of the molecule is OP(Oc1ccccc1)Oc1ccccc1.[Hg]. The zero-order chi connectivity index (χ0) is 11.2. The summed E-state index contributed by atoms with van der Waals surface area (Å²) in [5.74, 6) is 1.18. The Kier molecular flexibility index (Phi) is 6.49. The summed E-state index contributed by atoms with van der Waals surface area (Å²) in [6.07, 6.45) is 0. The van der Waals surface area contributed by atoms with Gasteiger partial charge < -0.3 is 13.9 Å². The molecular weight excluding hydrogens is 424 g/mol. The summed E-state index contributed by atoms with van der Waals surface area (Å²) in [5.41, 5.74) is 0. The predicted octanol–water partition coefficient (Wildman–Crippen LogP) is 3.36. The molecule has 0 radical (unpaired) electrons. The monoisotopic (exact) mass is 436 g/mol. The van der Waals surface area contributed by atoms with Crippen LogP contribution >= 0.6 is 8.60 Å². The Balaban J connectivity index is 0.00000144. The van der Waals surface area contributed by atoms with Gasteiger partial charge >= 0.3 is 8.60 Å². The second-order valence-electron chi connectivity index (χ2n) is 3.05. The summed E-state index contributed by atoms with van der Waals surface area (Å²) < 4.78 is 10.4. The second kappa shape index (κ2) is 7.65. The molecule has 2 aromatic rings. The van der Waals surface area contributed by atoms with Crippen LogP contribution in [0.5, 0.6) is 11.5 Å². The molecule has 5 heteroatoms. The number of hydrogen-bond acceptors (Lipinski definition) is 3. The molecule has 2 rings (SSSR count). The van der Waals surface area contributed by atoms with Crippen molar-refractivity contribution < 1.29 is 41.6 Å². The average molecular weight is 435 g/mol. The molecule has 0 heterocycles. The van der Waals surface area contributed by atoms with E-state index in [0.29, 0.717) is 11.5 Å². The third-order valence-corrected chi connectivity index (χ3v) is 2.59. The van der Waals surface area contributed by atoms with Gasteiger partial charge in [-0.15, -0.1) is 0 Å². The van der Waals surface area contributed by atoms with E-state index in [2.05, 4.69) is 0 Å². The first-order valence-electron chi connectivity index (χ1n) is 4.79. The molecular formula is C12H11HgO3P. The molecule has 0 amide bonds. The minimum atomic E-state index is -1.93. The van der Waals surface area contributed by atoms with E-state index in [4.69, 9.17) is 9.05 Å². The summed E-state index contributed by atoms with van der Waals surface area (Å²) in [5, 5.41) is 0. The molecule has 0 saturated carbocycles. The van der Waals surface area contributed by atoms with E-state index in [1.54, 1.807) is 24.3 Å². The second-order valence-corrected chi connectivity index (χ2v) is 3.89. The first-order chi connectivity index (χ1) is 7.84. The first-order valence-corrected chi connectivity index (χ1v) is 5.93. The van der Waals surface area contributed by atoms with Crippen molar-refractivity contribution in [3.63, 3.8) is 0 Å². The Labute approximate surface area is 122 Å². The Morgan fingerprint density at radius 1 is 0.706 bits per heavy atom. The van der Waals surface area contributed by atoms with E-state index >= 15 is 0 Å². The average Bonchev–Trinajstić information content (AvgIpc) is 2.31. The van der Waals surface area contributed by atoms with Gasteiger partial charge in [0.25, 0.3) is 0 Å². The number of benzene rings is 2. The van der Waals surface area contributed by atoms with Gasteiger partial charge in [0.15, 0.2) is 0 Å². The van der Waals surface area contributed by atoms with Gasteiger partial charge in [0.1, 0.15) is 11.5 Å². The van der Waals surface area contributed by atoms with Gasteiger partial charge in [-0.2, -0.15) is 0 Å². The van der Waals surface area contributed by atoms with E-state index in [0.717, 1.165) is 0 Å². The summed E-state index contributed by atoms with van der Waals surface area (Å²) in [4.78, 5) is 9.58. The van der Waals surface area contributed by atoms with Crippen molar-refractivity contribution in [3.8, 4) is 11.5 Å². The molecule has 17 heavy (non-hydrogen) atoms. The van der Waals surface area contributed by atoms with Crippen LogP contribution in [0.4, 0.5) is 0 Å². The molecule has 0 bridgehead atoms. The molecule has 1 N–H and O–H groups in total. The molecule has 0 aliphatic carbocycles. The van der Waals surface area contributed by atoms with Crippen LogP contribution in [0, 0.1) is 0 Å². The normalized spacial score (nSPS) is 9.53. The maximum Gasteiger partial charge on any atom is 0.460 e. The van der Waals surface area contributed by atoms with Crippen LogP contribution in [0.15, 0.2) is 60.7 Å². The van der Waals surface area contributed by atoms with E-state index in [9.17, 15) is 4.89 Å². The van der Waals surface area contributed by atoms with Crippen LogP contribution in [-0.2, 0) is 27.7 Å². The fourth-order valence-electron chi connectivity index (χ4n) is 1.16. The van der Waals surface area contributed by atoms with Crippen LogP contribution < -0.4 is 9.05 Å². The van der Waals surface area contributed by atoms with Crippen LogP contribution in [0.3, 0.4) is 0 Å². The van der Waals surface area contributed by atoms with Gasteiger partial charge in [-0.3, -0.25) is 0 Å². The molecule has 2 aromatic carbocycles. The molecule has 0 aromatic heterocycles. The predicted molar refractivity (Wildman–Crippen MR) is 63.3 cm³/mol. The molecule has 0 unspecified atom stereocenters. The van der Waals surface area contributed by atoms with E-state index in [-0.39, 0.29) is 27.7 Å². The molecule has 0 spiro atoms. The van der Waals surface area contributed by atoms with Gasteiger partial charge in [-0.25, -0.2) is 0 Å². The van der Waals surface area contributed by atoms with Crippen LogP contribution in [0.25, 0.3) is 0 Å². The Morgan fingerprint density at radius 3 is 1.41 bits per heavy atom. The van der Waals surface area contributed by atoms with Gasteiger partial charge in [0, 0.05) is 27.7 Å². The quantitative estimate of drug-likeness (QED) is 0.592. The Morgan fingerprint density at radius 2 is 1.06 bits per heavy atom. The third kappa shape index (κ3) is 5.03. The van der Waals surface area contributed by atoms with Gasteiger partial charge in [-0.05, 0) is 24.3 Å². The van der Waals surface area contributed by atoms with Gasteiger partial charge in [0.2, 0.25) is 0 Å². The fraction of sp³-hybridized carbons (Fsp3) is 0. The fourth-order valence-corrected chi connectivity index (χ4v) is 1.80. The number of hydrogen-bond donors (Lipinski definition) is 1. The molecule has 0 saturated heterocycles. The third-order valence-electron chi connectivity index (χ3n) is 1.85. The maximum absolute atomic E-state index is 9.58. The maximum atomic E-state index is 9.58. The molecule has 0 atom stereocenters. The van der Waals surface area contributed by atoms with Crippen molar-refractivity contribution in [2.24, 2.45) is 0 Å². The smallest absolute Gasteiger partial charge is 0.418 e. The largest absolute Gasteiger partial charge is 0.460 e. The van der Waals surface area contributed by atoms with Crippen LogP contribution in [-0.4, -0.2) is 4.89 Å². The number of para-hydroxylation sites is 2. The minimum Gasteiger partial charge on any atom is -0.418 e. The zero-order valence-electron chi connectivity index (χ0n) is 9.19. The molecule has 84 valence electrons. The molecule has 0 aliphatic heterocycles. The standard InChI is InChI=1S/C12H11O3P.Hg/c13-16(14-11-7-3-1-4-8-11)15-12-9-5-2-6-10-12;/h1-10,13H;. The molecule has 3 nitrogen and oxygen atoms in total. The topological polar surface area (TPSA) is 38.7 Å². The van der Waals surface area contributed by atoms with Crippen LogP contribution in [0.1, 0.15) is 0 Å². The van der Waals surface area contributed by atoms with Gasteiger partial charge in [0.05, 0.1) is 0 Å². The first kappa shape index (κ1) is 14.4. The summed E-state index contributed by atoms with van der Waals surface area (Å²) >= 11 is 0. The van der Waals surface area contributed by atoms with Crippen molar-refractivity contribution >= 4 is 8.60 Å². The van der Waals surface area contributed by atoms with Crippen molar-refractivity contribution in [3.05, 3.63) is 60.7 Å². The van der Waals surface area contributed by atoms with Gasteiger partial charge in [-0.1, -0.05) is 36.4 Å². The van der Waals surface area contributed by atoms with Crippen molar-refractivity contribution in [2.75, 3.05) is 0 Å². The summed E-state index contributed by atoms with van der Waals surface area (Å²) in [6, 6.07) is 18.2. The Hall–Kier alpha value is -0.635. The molecule has 0 fully saturated rings.